The molecule has 1 fully saturated rings. The van der Waals surface area contributed by atoms with Gasteiger partial charge in [0.25, 0.3) is 0 Å². The molecule has 0 aromatic heterocycles. The van der Waals surface area contributed by atoms with Crippen LogP contribution in [0.25, 0.3) is 0 Å². The van der Waals surface area contributed by atoms with Crippen LogP contribution >= 0.6 is 11.6 Å². The number of rotatable bonds is 4. The first-order valence-corrected chi connectivity index (χ1v) is 5.31. The summed E-state index contributed by atoms with van der Waals surface area (Å²) < 4.78 is 5.56. The summed E-state index contributed by atoms with van der Waals surface area (Å²) in [6.45, 7) is 0.744. The second kappa shape index (κ2) is 4.09. The van der Waals surface area contributed by atoms with Crippen LogP contribution in [-0.4, -0.2) is 6.61 Å². The molecular weight excluding hydrogens is 198 g/mol. The minimum atomic E-state index is 0.634. The van der Waals surface area contributed by atoms with E-state index in [2.05, 4.69) is 0 Å². The van der Waals surface area contributed by atoms with Gasteiger partial charge in [0.05, 0.1) is 11.6 Å². The van der Waals surface area contributed by atoms with Crippen molar-refractivity contribution in [3.05, 3.63) is 23.2 Å². The molecule has 1 aromatic carbocycles. The van der Waals surface area contributed by atoms with Crippen molar-refractivity contribution in [3.8, 4) is 5.75 Å². The van der Waals surface area contributed by atoms with Gasteiger partial charge in [0.1, 0.15) is 5.75 Å². The van der Waals surface area contributed by atoms with Crippen LogP contribution in [0.3, 0.4) is 0 Å². The summed E-state index contributed by atoms with van der Waals surface area (Å²) in [5.41, 5.74) is 6.32. The maximum Gasteiger partial charge on any atom is 0.139 e. The lowest BCUT2D eigenvalue weighted by molar-refractivity contribution is 0.303. The molecule has 2 N–H and O–H groups in total. The van der Waals surface area contributed by atoms with Gasteiger partial charge in [-0.25, -0.2) is 0 Å². The Kier molecular flexibility index (Phi) is 2.82. The second-order valence-corrected chi connectivity index (χ2v) is 4.18. The summed E-state index contributed by atoms with van der Waals surface area (Å²) in [7, 11) is 0. The van der Waals surface area contributed by atoms with Crippen molar-refractivity contribution in [1.29, 1.82) is 0 Å². The number of nitrogen functional groups attached to an aromatic ring is 1. The van der Waals surface area contributed by atoms with Crippen LogP contribution in [0.15, 0.2) is 18.2 Å². The summed E-state index contributed by atoms with van der Waals surface area (Å²) in [5, 5.41) is 0.634. The van der Waals surface area contributed by atoms with Crippen molar-refractivity contribution in [2.75, 3.05) is 12.3 Å². The van der Waals surface area contributed by atoms with Crippen LogP contribution in [-0.2, 0) is 0 Å². The van der Waals surface area contributed by atoms with Gasteiger partial charge in [-0.1, -0.05) is 24.4 Å². The molecule has 0 unspecified atom stereocenters. The lowest BCUT2D eigenvalue weighted by atomic mass is 10.3. The van der Waals surface area contributed by atoms with E-state index in [9.17, 15) is 0 Å². The normalized spacial score (nSPS) is 15.5. The van der Waals surface area contributed by atoms with Crippen LogP contribution in [0.4, 0.5) is 5.69 Å². The number of hydrogen-bond acceptors (Lipinski definition) is 2. The Bertz CT molecular complexity index is 323. The quantitative estimate of drug-likeness (QED) is 0.777. The Morgan fingerprint density at radius 3 is 2.93 bits per heavy atom. The van der Waals surface area contributed by atoms with Gasteiger partial charge in [-0.05, 0) is 24.5 Å². The maximum atomic E-state index is 5.95. The minimum Gasteiger partial charge on any atom is -0.492 e. The van der Waals surface area contributed by atoms with Crippen LogP contribution < -0.4 is 10.5 Å². The molecule has 0 amide bonds. The molecule has 14 heavy (non-hydrogen) atoms. The zero-order valence-electron chi connectivity index (χ0n) is 8.00. The van der Waals surface area contributed by atoms with E-state index in [0.717, 1.165) is 18.9 Å². The van der Waals surface area contributed by atoms with Gasteiger partial charge in [-0.15, -0.1) is 0 Å². The van der Waals surface area contributed by atoms with E-state index in [1.54, 1.807) is 18.2 Å². The number of anilines is 1. The third-order valence-electron chi connectivity index (χ3n) is 2.44. The first-order chi connectivity index (χ1) is 6.75. The van der Waals surface area contributed by atoms with Crippen molar-refractivity contribution >= 4 is 17.3 Å². The van der Waals surface area contributed by atoms with E-state index in [-0.39, 0.29) is 0 Å². The summed E-state index contributed by atoms with van der Waals surface area (Å²) in [6, 6.07) is 5.31. The summed E-state index contributed by atoms with van der Waals surface area (Å²) in [6.07, 6.45) is 3.84. The molecule has 0 saturated heterocycles. The molecule has 0 spiro atoms. The minimum absolute atomic E-state index is 0.634. The third-order valence-corrected chi connectivity index (χ3v) is 2.75. The molecule has 1 aliphatic rings. The Hall–Kier alpha value is -0.890. The van der Waals surface area contributed by atoms with Crippen molar-refractivity contribution in [3.63, 3.8) is 0 Å². The summed E-state index contributed by atoms with van der Waals surface area (Å²) in [4.78, 5) is 0. The van der Waals surface area contributed by atoms with E-state index >= 15 is 0 Å². The van der Waals surface area contributed by atoms with E-state index in [1.165, 1.54) is 12.8 Å². The monoisotopic (exact) mass is 211 g/mol. The Morgan fingerprint density at radius 2 is 2.21 bits per heavy atom. The highest BCUT2D eigenvalue weighted by atomic mass is 35.5. The number of halogens is 1. The molecule has 2 rings (SSSR count). The fourth-order valence-electron chi connectivity index (χ4n) is 1.37. The molecular formula is C11H14ClNO. The van der Waals surface area contributed by atoms with Gasteiger partial charge in [0.2, 0.25) is 0 Å². The molecule has 1 aromatic rings. The molecule has 0 heterocycles. The van der Waals surface area contributed by atoms with Gasteiger partial charge in [-0.2, -0.15) is 0 Å². The number of ether oxygens (including phenoxy) is 1. The van der Waals surface area contributed by atoms with Gasteiger partial charge in [0.15, 0.2) is 0 Å². The molecule has 2 nitrogen and oxygen atoms in total. The number of hydrogen-bond donors (Lipinski definition) is 1. The molecule has 0 radical (unpaired) electrons. The standard InChI is InChI=1S/C11H14ClNO/c12-10-4-3-9(13)7-11(10)14-6-5-8-1-2-8/h3-4,7-8H,1-2,5-6,13H2. The first-order valence-electron chi connectivity index (χ1n) is 4.93. The van der Waals surface area contributed by atoms with Crippen molar-refractivity contribution in [1.82, 2.24) is 0 Å². The van der Waals surface area contributed by atoms with Crippen LogP contribution in [0.2, 0.25) is 5.02 Å². The van der Waals surface area contributed by atoms with Crippen molar-refractivity contribution in [2.45, 2.75) is 19.3 Å². The smallest absolute Gasteiger partial charge is 0.139 e. The fraction of sp³-hybridized carbons (Fsp3) is 0.455. The Labute approximate surface area is 89.0 Å². The van der Waals surface area contributed by atoms with Gasteiger partial charge in [0, 0.05) is 11.8 Å². The SMILES string of the molecule is Nc1ccc(Cl)c(OCCC2CC2)c1. The average Bonchev–Trinajstić information content (AvgIpc) is 2.95. The summed E-state index contributed by atoms with van der Waals surface area (Å²) >= 11 is 5.95. The van der Waals surface area contributed by atoms with Crippen LogP contribution in [0.5, 0.6) is 5.75 Å². The highest BCUT2D eigenvalue weighted by Crippen LogP contribution is 2.33. The van der Waals surface area contributed by atoms with Crippen molar-refractivity contribution in [2.24, 2.45) is 5.92 Å². The zero-order valence-corrected chi connectivity index (χ0v) is 8.76. The maximum absolute atomic E-state index is 5.95. The average molecular weight is 212 g/mol. The van der Waals surface area contributed by atoms with Crippen LogP contribution in [0.1, 0.15) is 19.3 Å². The van der Waals surface area contributed by atoms with Gasteiger partial charge in [-0.3, -0.25) is 0 Å². The first kappa shape index (κ1) is 9.66. The molecule has 1 aliphatic carbocycles. The lowest BCUT2D eigenvalue weighted by Crippen LogP contribution is -1.99. The topological polar surface area (TPSA) is 35.2 Å². The van der Waals surface area contributed by atoms with E-state index < -0.39 is 0 Å². The van der Waals surface area contributed by atoms with E-state index in [1.807, 2.05) is 0 Å². The van der Waals surface area contributed by atoms with Crippen molar-refractivity contribution < 1.29 is 4.74 Å². The Balaban J connectivity index is 1.89. The number of benzene rings is 1. The molecule has 0 aliphatic heterocycles. The van der Waals surface area contributed by atoms with E-state index in [4.69, 9.17) is 22.1 Å². The second-order valence-electron chi connectivity index (χ2n) is 3.77. The molecule has 1 saturated carbocycles. The third kappa shape index (κ3) is 2.55. The van der Waals surface area contributed by atoms with Crippen LogP contribution in [0, 0.1) is 5.92 Å². The predicted molar refractivity (Wildman–Crippen MR) is 58.7 cm³/mol. The molecule has 76 valence electrons. The highest BCUT2D eigenvalue weighted by molar-refractivity contribution is 6.32. The molecule has 0 atom stereocenters. The molecule has 0 bridgehead atoms. The number of nitrogens with two attached hydrogens (primary N) is 1. The highest BCUT2D eigenvalue weighted by Gasteiger charge is 2.20. The Morgan fingerprint density at radius 1 is 1.43 bits per heavy atom. The largest absolute Gasteiger partial charge is 0.492 e. The predicted octanol–water partition coefficient (Wildman–Crippen LogP) is 3.10. The van der Waals surface area contributed by atoms with Gasteiger partial charge < -0.3 is 10.5 Å². The zero-order chi connectivity index (χ0) is 9.97. The van der Waals surface area contributed by atoms with E-state index in [0.29, 0.717) is 16.5 Å². The lowest BCUT2D eigenvalue weighted by Gasteiger charge is -2.07. The fourth-order valence-corrected chi connectivity index (χ4v) is 1.54. The molecule has 3 heteroatoms. The van der Waals surface area contributed by atoms with Gasteiger partial charge >= 0.3 is 0 Å². The summed E-state index contributed by atoms with van der Waals surface area (Å²) in [5.74, 6) is 1.59.